The predicted octanol–water partition coefficient (Wildman–Crippen LogP) is 2.16. The van der Waals surface area contributed by atoms with E-state index < -0.39 is 0 Å². The molecule has 1 aromatic heterocycles. The van der Waals surface area contributed by atoms with Gasteiger partial charge in [-0.1, -0.05) is 12.5 Å². The molecule has 3 heteroatoms. The van der Waals surface area contributed by atoms with Crippen molar-refractivity contribution in [1.82, 2.24) is 10.3 Å². The standard InChI is InChI=1S/C9H14N2S/c1-3-8(7-10-2)6-9-11-4-5-12-9/h4-6,10H,3,7H2,1-2H3/b8-6-. The van der Waals surface area contributed by atoms with E-state index in [0.29, 0.717) is 0 Å². The number of likely N-dealkylation sites (N-methyl/N-ethyl adjacent to an activating group) is 1. The minimum Gasteiger partial charge on any atom is -0.316 e. The first-order valence-corrected chi connectivity index (χ1v) is 4.98. The Balaban J connectivity index is 2.64. The molecule has 0 aliphatic rings. The largest absolute Gasteiger partial charge is 0.316 e. The van der Waals surface area contributed by atoms with Crippen molar-refractivity contribution in [3.8, 4) is 0 Å². The van der Waals surface area contributed by atoms with Crippen LogP contribution in [0.5, 0.6) is 0 Å². The molecule has 1 aromatic rings. The molecule has 0 aromatic carbocycles. The topological polar surface area (TPSA) is 24.9 Å². The van der Waals surface area contributed by atoms with Crippen LogP contribution in [0.3, 0.4) is 0 Å². The summed E-state index contributed by atoms with van der Waals surface area (Å²) >= 11 is 1.68. The van der Waals surface area contributed by atoms with Crippen molar-refractivity contribution in [2.75, 3.05) is 13.6 Å². The molecule has 0 spiro atoms. The Bertz CT molecular complexity index is 239. The highest BCUT2D eigenvalue weighted by Gasteiger charge is 1.94. The van der Waals surface area contributed by atoms with Crippen molar-refractivity contribution in [2.45, 2.75) is 13.3 Å². The van der Waals surface area contributed by atoms with Crippen LogP contribution in [0.1, 0.15) is 18.4 Å². The van der Waals surface area contributed by atoms with E-state index in [1.807, 2.05) is 18.6 Å². The van der Waals surface area contributed by atoms with Crippen LogP contribution in [0.4, 0.5) is 0 Å². The van der Waals surface area contributed by atoms with Crippen molar-refractivity contribution in [3.05, 3.63) is 22.2 Å². The summed E-state index contributed by atoms with van der Waals surface area (Å²) in [6.07, 6.45) is 5.07. The number of thiazole rings is 1. The summed E-state index contributed by atoms with van der Waals surface area (Å²) < 4.78 is 0. The van der Waals surface area contributed by atoms with Gasteiger partial charge in [0.05, 0.1) is 0 Å². The highest BCUT2D eigenvalue weighted by atomic mass is 32.1. The molecule has 0 atom stereocenters. The van der Waals surface area contributed by atoms with E-state index in [-0.39, 0.29) is 0 Å². The third-order valence-corrected chi connectivity index (χ3v) is 2.36. The number of nitrogens with zero attached hydrogens (tertiary/aromatic N) is 1. The first-order valence-electron chi connectivity index (χ1n) is 4.10. The summed E-state index contributed by atoms with van der Waals surface area (Å²) in [7, 11) is 1.96. The Hall–Kier alpha value is -0.670. The molecular weight excluding hydrogens is 168 g/mol. The minimum absolute atomic E-state index is 0.954. The Morgan fingerprint density at radius 3 is 3.08 bits per heavy atom. The van der Waals surface area contributed by atoms with Crippen LogP contribution in [0.25, 0.3) is 6.08 Å². The maximum atomic E-state index is 4.20. The average Bonchev–Trinajstić information content (AvgIpc) is 2.56. The molecule has 0 saturated heterocycles. The van der Waals surface area contributed by atoms with Gasteiger partial charge in [0.2, 0.25) is 0 Å². The molecule has 0 amide bonds. The second-order valence-electron chi connectivity index (χ2n) is 2.56. The number of aromatic nitrogens is 1. The molecule has 0 fully saturated rings. The quantitative estimate of drug-likeness (QED) is 0.772. The maximum Gasteiger partial charge on any atom is 0.115 e. The fraction of sp³-hybridized carbons (Fsp3) is 0.444. The third kappa shape index (κ3) is 2.75. The molecule has 2 nitrogen and oxygen atoms in total. The van der Waals surface area contributed by atoms with Crippen LogP contribution < -0.4 is 5.32 Å². The zero-order valence-corrected chi connectivity index (χ0v) is 8.32. The molecule has 0 saturated carbocycles. The van der Waals surface area contributed by atoms with Gasteiger partial charge in [0.1, 0.15) is 5.01 Å². The van der Waals surface area contributed by atoms with Crippen molar-refractivity contribution < 1.29 is 0 Å². The highest BCUT2D eigenvalue weighted by Crippen LogP contribution is 2.11. The van der Waals surface area contributed by atoms with E-state index >= 15 is 0 Å². The van der Waals surface area contributed by atoms with E-state index in [0.717, 1.165) is 18.0 Å². The van der Waals surface area contributed by atoms with E-state index in [1.54, 1.807) is 11.3 Å². The molecular formula is C9H14N2S. The van der Waals surface area contributed by atoms with Crippen molar-refractivity contribution in [2.24, 2.45) is 0 Å². The van der Waals surface area contributed by atoms with Gasteiger partial charge in [-0.25, -0.2) is 4.98 Å². The molecule has 0 unspecified atom stereocenters. The Kier molecular flexibility index (Phi) is 3.97. The monoisotopic (exact) mass is 182 g/mol. The van der Waals surface area contributed by atoms with E-state index in [9.17, 15) is 0 Å². The van der Waals surface area contributed by atoms with Crippen LogP contribution in [0.2, 0.25) is 0 Å². The number of nitrogens with one attached hydrogen (secondary N) is 1. The normalized spacial score (nSPS) is 12.0. The van der Waals surface area contributed by atoms with Gasteiger partial charge in [0.15, 0.2) is 0 Å². The van der Waals surface area contributed by atoms with Crippen molar-refractivity contribution in [3.63, 3.8) is 0 Å². The summed E-state index contributed by atoms with van der Waals surface area (Å²) in [4.78, 5) is 4.20. The summed E-state index contributed by atoms with van der Waals surface area (Å²) in [5.74, 6) is 0. The minimum atomic E-state index is 0.954. The number of rotatable bonds is 4. The smallest absolute Gasteiger partial charge is 0.115 e. The summed E-state index contributed by atoms with van der Waals surface area (Å²) in [6.45, 7) is 3.12. The van der Waals surface area contributed by atoms with Crippen LogP contribution in [-0.4, -0.2) is 18.6 Å². The lowest BCUT2D eigenvalue weighted by atomic mass is 10.2. The van der Waals surface area contributed by atoms with Crippen LogP contribution in [-0.2, 0) is 0 Å². The lowest BCUT2D eigenvalue weighted by molar-refractivity contribution is 0.851. The lowest BCUT2D eigenvalue weighted by Crippen LogP contribution is -2.09. The number of hydrogen-bond donors (Lipinski definition) is 1. The molecule has 0 radical (unpaired) electrons. The molecule has 12 heavy (non-hydrogen) atoms. The van der Waals surface area contributed by atoms with Crippen molar-refractivity contribution >= 4 is 17.4 Å². The number of hydrogen-bond acceptors (Lipinski definition) is 3. The average molecular weight is 182 g/mol. The zero-order chi connectivity index (χ0) is 8.81. The molecule has 66 valence electrons. The Labute approximate surface area is 77.3 Å². The van der Waals surface area contributed by atoms with E-state index in [4.69, 9.17) is 0 Å². The Morgan fingerprint density at radius 2 is 2.58 bits per heavy atom. The first kappa shape index (κ1) is 9.42. The second-order valence-corrected chi connectivity index (χ2v) is 3.48. The fourth-order valence-electron chi connectivity index (χ4n) is 0.986. The predicted molar refractivity (Wildman–Crippen MR) is 54.3 cm³/mol. The summed E-state index contributed by atoms with van der Waals surface area (Å²) in [5.41, 5.74) is 1.40. The van der Waals surface area contributed by atoms with Gasteiger partial charge in [-0.2, -0.15) is 0 Å². The lowest BCUT2D eigenvalue weighted by Gasteiger charge is -2.00. The fourth-order valence-corrected chi connectivity index (χ4v) is 1.60. The molecule has 0 aliphatic carbocycles. The van der Waals surface area contributed by atoms with E-state index in [1.165, 1.54) is 5.57 Å². The molecule has 1 rings (SSSR count). The van der Waals surface area contributed by atoms with Crippen LogP contribution in [0.15, 0.2) is 17.2 Å². The SMILES string of the molecule is CC/C(=C/c1nccs1)CNC. The third-order valence-electron chi connectivity index (χ3n) is 1.64. The van der Waals surface area contributed by atoms with Crippen molar-refractivity contribution in [1.29, 1.82) is 0 Å². The first-order chi connectivity index (χ1) is 5.86. The second kappa shape index (κ2) is 5.06. The van der Waals surface area contributed by atoms with Gasteiger partial charge >= 0.3 is 0 Å². The summed E-state index contributed by atoms with van der Waals surface area (Å²) in [6, 6.07) is 0. The van der Waals surface area contributed by atoms with Gasteiger partial charge in [-0.05, 0) is 19.5 Å². The molecule has 0 aliphatic heterocycles. The van der Waals surface area contributed by atoms with Gasteiger partial charge < -0.3 is 5.32 Å². The van der Waals surface area contributed by atoms with Gasteiger partial charge in [-0.15, -0.1) is 11.3 Å². The molecule has 1 N–H and O–H groups in total. The van der Waals surface area contributed by atoms with Gasteiger partial charge in [-0.3, -0.25) is 0 Å². The van der Waals surface area contributed by atoms with Gasteiger partial charge in [0, 0.05) is 18.1 Å². The van der Waals surface area contributed by atoms with Crippen LogP contribution >= 0.6 is 11.3 Å². The van der Waals surface area contributed by atoms with Crippen LogP contribution in [0, 0.1) is 0 Å². The van der Waals surface area contributed by atoms with E-state index in [2.05, 4.69) is 23.3 Å². The molecule has 1 heterocycles. The summed E-state index contributed by atoms with van der Waals surface area (Å²) in [5, 5.41) is 6.24. The maximum absolute atomic E-state index is 4.20. The molecule has 0 bridgehead atoms. The zero-order valence-electron chi connectivity index (χ0n) is 7.50. The van der Waals surface area contributed by atoms with Gasteiger partial charge in [0.25, 0.3) is 0 Å². The highest BCUT2D eigenvalue weighted by molar-refractivity contribution is 7.10. The Morgan fingerprint density at radius 1 is 1.75 bits per heavy atom.